The Labute approximate surface area is 173 Å². The van der Waals surface area contributed by atoms with Crippen molar-refractivity contribution in [3.8, 4) is 5.75 Å². The molecule has 0 aromatic heterocycles. The maximum Gasteiger partial charge on any atom is 0.124 e. The fraction of sp³-hybridized carbons (Fsp3) is 0.304. The number of aromatic hydroxyl groups is 1. The van der Waals surface area contributed by atoms with Crippen molar-refractivity contribution in [1.82, 2.24) is 9.80 Å². The number of phenols is 1. The van der Waals surface area contributed by atoms with Crippen LogP contribution in [0.15, 0.2) is 72.2 Å². The Bertz CT molecular complexity index is 820. The first-order chi connectivity index (χ1) is 14.0. The molecule has 1 saturated heterocycles. The predicted molar refractivity (Wildman–Crippen MR) is 120 cm³/mol. The summed E-state index contributed by atoms with van der Waals surface area (Å²) in [6, 6.07) is 17.4. The molecular formula is C23H33N5O. The minimum atomic E-state index is 0.133. The molecule has 1 aliphatic rings. The van der Waals surface area contributed by atoms with Gasteiger partial charge in [0.05, 0.1) is 5.70 Å². The molecule has 6 nitrogen and oxygen atoms in total. The van der Waals surface area contributed by atoms with Gasteiger partial charge in [-0.25, -0.2) is 0 Å². The highest BCUT2D eigenvalue weighted by Gasteiger charge is 2.20. The van der Waals surface area contributed by atoms with Crippen LogP contribution in [0.1, 0.15) is 25.0 Å². The van der Waals surface area contributed by atoms with E-state index in [9.17, 15) is 5.11 Å². The lowest BCUT2D eigenvalue weighted by molar-refractivity contribution is 0.155. The summed E-state index contributed by atoms with van der Waals surface area (Å²) in [4.78, 5) is 4.55. The van der Waals surface area contributed by atoms with Crippen LogP contribution in [0.4, 0.5) is 0 Å². The van der Waals surface area contributed by atoms with Crippen LogP contribution in [-0.2, 0) is 6.54 Å². The van der Waals surface area contributed by atoms with Crippen molar-refractivity contribution in [2.75, 3.05) is 26.2 Å². The van der Waals surface area contributed by atoms with Crippen LogP contribution < -0.4 is 17.2 Å². The van der Waals surface area contributed by atoms with Gasteiger partial charge in [-0.1, -0.05) is 56.3 Å². The zero-order valence-corrected chi connectivity index (χ0v) is 17.4. The number of nitrogens with two attached hydrogens (primary N) is 3. The first-order valence-electron chi connectivity index (χ1n) is 10.1. The van der Waals surface area contributed by atoms with Gasteiger partial charge in [-0.2, -0.15) is 0 Å². The molecule has 2 aromatic carbocycles. The second kappa shape index (κ2) is 11.0. The molecule has 1 aliphatic heterocycles. The highest BCUT2D eigenvalue weighted by atomic mass is 16.3. The molecule has 0 unspecified atom stereocenters. The molecule has 0 aliphatic carbocycles. The van der Waals surface area contributed by atoms with Crippen molar-refractivity contribution in [1.29, 1.82) is 0 Å². The van der Waals surface area contributed by atoms with Gasteiger partial charge in [-0.3, -0.25) is 4.90 Å². The fourth-order valence-electron chi connectivity index (χ4n) is 3.29. The van der Waals surface area contributed by atoms with Crippen LogP contribution in [0.3, 0.4) is 0 Å². The number of hydrogen-bond donors (Lipinski definition) is 4. The molecule has 0 bridgehead atoms. The van der Waals surface area contributed by atoms with Crippen LogP contribution in [0, 0.1) is 0 Å². The predicted octanol–water partition coefficient (Wildman–Crippen LogP) is 2.62. The maximum atomic E-state index is 10.00. The Morgan fingerprint density at radius 2 is 1.48 bits per heavy atom. The van der Waals surface area contributed by atoms with Gasteiger partial charge in [0.15, 0.2) is 0 Å². The van der Waals surface area contributed by atoms with E-state index in [4.69, 9.17) is 17.2 Å². The molecule has 2 aromatic rings. The average molecular weight is 396 g/mol. The second-order valence-electron chi connectivity index (χ2n) is 6.71. The normalized spacial score (nSPS) is 14.7. The van der Waals surface area contributed by atoms with E-state index in [1.807, 2.05) is 26.0 Å². The van der Waals surface area contributed by atoms with Crippen LogP contribution in [0.5, 0.6) is 5.75 Å². The minimum absolute atomic E-state index is 0.133. The Kier molecular flexibility index (Phi) is 8.43. The van der Waals surface area contributed by atoms with Crippen LogP contribution in [-0.4, -0.2) is 41.1 Å². The third-order valence-corrected chi connectivity index (χ3v) is 4.77. The number of hydrogen-bond acceptors (Lipinski definition) is 6. The number of phenolic OH excluding ortho intramolecular Hbond substituents is 1. The summed E-state index contributed by atoms with van der Waals surface area (Å²) < 4.78 is 0. The molecule has 3 rings (SSSR count). The summed E-state index contributed by atoms with van der Waals surface area (Å²) in [6.07, 6.45) is 1.75. The molecule has 0 saturated carbocycles. The molecule has 1 heterocycles. The zero-order valence-electron chi connectivity index (χ0n) is 17.4. The Balaban J connectivity index is 0.00000145. The SMILES string of the molecule is CC.NC(N)=C(/C=C(\N)c1ccccc1O)N1CCN(Cc2ccccc2)CC1. The van der Waals surface area contributed by atoms with E-state index in [1.54, 1.807) is 24.3 Å². The largest absolute Gasteiger partial charge is 0.507 e. The van der Waals surface area contributed by atoms with E-state index in [2.05, 4.69) is 34.1 Å². The number of rotatable bonds is 5. The molecule has 0 amide bonds. The zero-order chi connectivity index (χ0) is 21.2. The maximum absolute atomic E-state index is 10.00. The van der Waals surface area contributed by atoms with Crippen LogP contribution in [0.2, 0.25) is 0 Å². The summed E-state index contributed by atoms with van der Waals surface area (Å²) in [5.41, 5.74) is 21.1. The van der Waals surface area contributed by atoms with Crippen LogP contribution in [0.25, 0.3) is 5.70 Å². The molecule has 1 fully saturated rings. The lowest BCUT2D eigenvalue weighted by atomic mass is 10.1. The lowest BCUT2D eigenvalue weighted by Crippen LogP contribution is -2.46. The summed E-state index contributed by atoms with van der Waals surface area (Å²) in [6.45, 7) is 8.38. The van der Waals surface area contributed by atoms with E-state index in [0.717, 1.165) is 32.7 Å². The second-order valence-corrected chi connectivity index (χ2v) is 6.71. The Hall–Kier alpha value is -3.12. The molecule has 7 N–H and O–H groups in total. The molecule has 0 radical (unpaired) electrons. The topological polar surface area (TPSA) is 105 Å². The van der Waals surface area contributed by atoms with E-state index in [1.165, 1.54) is 5.56 Å². The number of piperazine rings is 1. The van der Waals surface area contributed by atoms with Crippen LogP contribution >= 0.6 is 0 Å². The minimum Gasteiger partial charge on any atom is -0.507 e. The highest BCUT2D eigenvalue weighted by Crippen LogP contribution is 2.23. The molecule has 0 atom stereocenters. The highest BCUT2D eigenvalue weighted by molar-refractivity contribution is 5.69. The van der Waals surface area contributed by atoms with Gasteiger partial charge in [0.25, 0.3) is 0 Å². The van der Waals surface area contributed by atoms with E-state index < -0.39 is 0 Å². The third kappa shape index (κ3) is 6.19. The number of para-hydroxylation sites is 1. The van der Waals surface area contributed by atoms with E-state index >= 15 is 0 Å². The third-order valence-electron chi connectivity index (χ3n) is 4.77. The molecule has 156 valence electrons. The average Bonchev–Trinajstić information content (AvgIpc) is 2.75. The number of benzene rings is 2. The van der Waals surface area contributed by atoms with Gasteiger partial charge in [0.1, 0.15) is 11.6 Å². The number of nitrogens with zero attached hydrogens (tertiary/aromatic N) is 2. The first-order valence-corrected chi connectivity index (χ1v) is 10.1. The van der Waals surface area contributed by atoms with E-state index in [-0.39, 0.29) is 11.6 Å². The fourth-order valence-corrected chi connectivity index (χ4v) is 3.29. The van der Waals surface area contributed by atoms with Gasteiger partial charge in [-0.05, 0) is 23.8 Å². The van der Waals surface area contributed by atoms with Crippen molar-refractivity contribution in [3.05, 3.63) is 83.3 Å². The van der Waals surface area contributed by atoms with E-state index in [0.29, 0.717) is 17.0 Å². The summed E-state index contributed by atoms with van der Waals surface area (Å²) in [5, 5.41) is 10.00. The molecule has 6 heteroatoms. The van der Waals surface area contributed by atoms with Crippen molar-refractivity contribution in [2.24, 2.45) is 17.2 Å². The number of allylic oxidation sites excluding steroid dienone is 1. The standard InChI is InChI=1S/C21H27N5O.C2H6/c22-18(17-8-4-5-9-20(17)27)14-19(21(23)24)26-12-10-25(11-13-26)15-16-6-2-1-3-7-16;1-2/h1-9,14,27H,10-13,15,22-24H2;1-2H3/b18-14-;. The molecule has 0 spiro atoms. The Morgan fingerprint density at radius 1 is 0.897 bits per heavy atom. The Morgan fingerprint density at radius 3 is 2.07 bits per heavy atom. The quantitative estimate of drug-likeness (QED) is 0.580. The summed E-state index contributed by atoms with van der Waals surface area (Å²) in [5.74, 6) is 0.360. The monoisotopic (exact) mass is 395 g/mol. The van der Waals surface area contributed by atoms with Gasteiger partial charge in [0.2, 0.25) is 0 Å². The van der Waals surface area contributed by atoms with Crippen molar-refractivity contribution < 1.29 is 5.11 Å². The molecule has 29 heavy (non-hydrogen) atoms. The first kappa shape index (κ1) is 22.2. The van der Waals surface area contributed by atoms with Crippen molar-refractivity contribution in [3.63, 3.8) is 0 Å². The van der Waals surface area contributed by atoms with Crippen molar-refractivity contribution >= 4 is 5.70 Å². The smallest absolute Gasteiger partial charge is 0.124 e. The lowest BCUT2D eigenvalue weighted by Gasteiger charge is -2.37. The summed E-state index contributed by atoms with van der Waals surface area (Å²) in [7, 11) is 0. The van der Waals surface area contributed by atoms with Gasteiger partial charge >= 0.3 is 0 Å². The van der Waals surface area contributed by atoms with Gasteiger partial charge < -0.3 is 27.2 Å². The molecular weight excluding hydrogens is 362 g/mol. The van der Waals surface area contributed by atoms with Crippen molar-refractivity contribution in [2.45, 2.75) is 20.4 Å². The van der Waals surface area contributed by atoms with Gasteiger partial charge in [0, 0.05) is 44.0 Å². The van der Waals surface area contributed by atoms with Gasteiger partial charge in [-0.15, -0.1) is 0 Å². The summed E-state index contributed by atoms with van der Waals surface area (Å²) >= 11 is 0.